The molecule has 1 aliphatic carbocycles. The summed E-state index contributed by atoms with van der Waals surface area (Å²) in [7, 11) is 1.23. The lowest BCUT2D eigenvalue weighted by atomic mass is 9.88. The molecule has 2 aliphatic heterocycles. The number of nitrogens with zero attached hydrogens (tertiary/aromatic N) is 2. The molecule has 0 radical (unpaired) electrons. The third-order valence-electron chi connectivity index (χ3n) is 7.73. The number of esters is 1. The zero-order valence-corrected chi connectivity index (χ0v) is 24.0. The van der Waals surface area contributed by atoms with Crippen LogP contribution in [0.15, 0.2) is 4.99 Å². The molecule has 38 heavy (non-hydrogen) atoms. The van der Waals surface area contributed by atoms with Gasteiger partial charge in [-0.05, 0) is 50.9 Å². The van der Waals surface area contributed by atoms with Crippen LogP contribution in [0.5, 0.6) is 0 Å². The summed E-state index contributed by atoms with van der Waals surface area (Å²) in [5.41, 5.74) is -1.76. The number of nitrogens with one attached hydrogen (secondary N) is 2. The molecule has 0 unspecified atom stereocenters. The predicted octanol–water partition coefficient (Wildman–Crippen LogP) is 2.08. The highest BCUT2D eigenvalue weighted by Gasteiger charge is 2.69. The summed E-state index contributed by atoms with van der Waals surface area (Å²) in [6.45, 7) is 15.4. The summed E-state index contributed by atoms with van der Waals surface area (Å²) in [6.07, 6.45) is -0.207. The van der Waals surface area contributed by atoms with E-state index in [4.69, 9.17) is 9.47 Å². The number of methoxy groups -OCH3 is 1. The van der Waals surface area contributed by atoms with E-state index in [0.717, 1.165) is 0 Å². The molecule has 3 fully saturated rings. The maximum Gasteiger partial charge on any atom is 0.434 e. The van der Waals surface area contributed by atoms with Gasteiger partial charge in [0, 0.05) is 24.4 Å². The van der Waals surface area contributed by atoms with Crippen LogP contribution in [0.1, 0.15) is 68.2 Å². The highest BCUT2D eigenvalue weighted by atomic mass is 16.6. The van der Waals surface area contributed by atoms with E-state index in [1.54, 1.807) is 41.5 Å². The second-order valence-electron chi connectivity index (χ2n) is 13.1. The Hall–Kier alpha value is -2.98. The summed E-state index contributed by atoms with van der Waals surface area (Å²) < 4.78 is 10.2. The van der Waals surface area contributed by atoms with Crippen LogP contribution in [0.2, 0.25) is 0 Å². The third-order valence-corrected chi connectivity index (χ3v) is 7.73. The number of amides is 4. The lowest BCUT2D eigenvalue weighted by Gasteiger charge is -2.33. The van der Waals surface area contributed by atoms with E-state index in [0.29, 0.717) is 19.5 Å². The van der Waals surface area contributed by atoms with Crippen LogP contribution in [-0.4, -0.2) is 78.3 Å². The Morgan fingerprint density at radius 2 is 1.79 bits per heavy atom. The van der Waals surface area contributed by atoms with E-state index < -0.39 is 52.9 Å². The van der Waals surface area contributed by atoms with Crippen molar-refractivity contribution in [2.45, 2.75) is 85.9 Å². The van der Waals surface area contributed by atoms with Crippen LogP contribution in [0.3, 0.4) is 0 Å². The van der Waals surface area contributed by atoms with Crippen LogP contribution in [0, 0.1) is 28.6 Å². The molecule has 3 aliphatic rings. The van der Waals surface area contributed by atoms with Gasteiger partial charge in [-0.2, -0.15) is 4.99 Å². The maximum atomic E-state index is 13.8. The van der Waals surface area contributed by atoms with Gasteiger partial charge in [-0.3, -0.25) is 14.4 Å². The fraction of sp³-hybridized carbons (Fsp3) is 0.778. The van der Waals surface area contributed by atoms with Crippen molar-refractivity contribution in [2.75, 3.05) is 20.2 Å². The average Bonchev–Trinajstić information content (AvgIpc) is 3.14. The van der Waals surface area contributed by atoms with Gasteiger partial charge < -0.3 is 25.0 Å². The predicted molar refractivity (Wildman–Crippen MR) is 139 cm³/mol. The molecule has 4 amide bonds. The largest absolute Gasteiger partial charge is 0.467 e. The fourth-order valence-corrected chi connectivity index (χ4v) is 5.61. The van der Waals surface area contributed by atoms with Gasteiger partial charge in [0.15, 0.2) is 0 Å². The maximum absolute atomic E-state index is 13.8. The number of hydrogen-bond acceptors (Lipinski definition) is 7. The summed E-state index contributed by atoms with van der Waals surface area (Å²) >= 11 is 0. The number of ether oxygens (including phenoxy) is 2. The van der Waals surface area contributed by atoms with Gasteiger partial charge in [0.1, 0.15) is 23.4 Å². The minimum atomic E-state index is -1.03. The molecular formula is C27H42N4O7. The summed E-state index contributed by atoms with van der Waals surface area (Å²) in [4.78, 5) is 70.2. The van der Waals surface area contributed by atoms with E-state index >= 15 is 0 Å². The Morgan fingerprint density at radius 3 is 2.29 bits per heavy atom. The van der Waals surface area contributed by atoms with E-state index in [1.807, 2.05) is 13.8 Å². The SMILES string of the molecule is COC(=O)[C@H](C[C@@H]1CCNC1=O)NC(=O)[C@@H]1[C@@H]2[C@H](CN1C(=O)C(=NC(=O)OC(C)(C)C)C(C)(C)C)C2(C)C. The number of rotatable bonds is 6. The van der Waals surface area contributed by atoms with E-state index in [-0.39, 0.29) is 35.3 Å². The lowest BCUT2D eigenvalue weighted by Crippen LogP contribution is -2.56. The van der Waals surface area contributed by atoms with E-state index in [9.17, 15) is 24.0 Å². The molecule has 0 aromatic carbocycles. The first-order valence-corrected chi connectivity index (χ1v) is 13.2. The summed E-state index contributed by atoms with van der Waals surface area (Å²) in [5.74, 6) is -2.28. The monoisotopic (exact) mass is 534 g/mol. The topological polar surface area (TPSA) is 143 Å². The molecule has 3 rings (SSSR count). The zero-order chi connectivity index (χ0) is 28.8. The Labute approximate surface area is 224 Å². The highest BCUT2D eigenvalue weighted by Crippen LogP contribution is 2.65. The molecule has 0 aromatic rings. The van der Waals surface area contributed by atoms with Gasteiger partial charge in [-0.1, -0.05) is 34.6 Å². The highest BCUT2D eigenvalue weighted by molar-refractivity contribution is 6.42. The van der Waals surface area contributed by atoms with Crippen molar-refractivity contribution in [1.29, 1.82) is 0 Å². The van der Waals surface area contributed by atoms with Crippen molar-refractivity contribution < 1.29 is 33.4 Å². The van der Waals surface area contributed by atoms with E-state index in [2.05, 4.69) is 15.6 Å². The Morgan fingerprint density at radius 1 is 1.16 bits per heavy atom. The van der Waals surface area contributed by atoms with Crippen molar-refractivity contribution in [1.82, 2.24) is 15.5 Å². The first-order valence-electron chi connectivity index (χ1n) is 13.2. The third kappa shape index (κ3) is 6.18. The number of hydrogen-bond donors (Lipinski definition) is 2. The number of carbonyl (C=O) groups excluding carboxylic acids is 5. The number of aliphatic imine (C=N–C) groups is 1. The summed E-state index contributed by atoms with van der Waals surface area (Å²) in [6, 6.07) is -1.89. The van der Waals surface area contributed by atoms with Crippen LogP contribution in [0.4, 0.5) is 4.79 Å². The molecule has 11 heteroatoms. The van der Waals surface area contributed by atoms with Gasteiger partial charge >= 0.3 is 12.1 Å². The number of likely N-dealkylation sites (tertiary alicyclic amines) is 1. The standard InChI is InChI=1S/C27H42N4O7/c1-25(2,3)19(30-24(36)38-26(4,5)6)22(34)31-13-15-17(27(15,7)8)18(31)21(33)29-16(23(35)37-9)12-14-10-11-28-20(14)32/h14-18H,10-13H2,1-9H3,(H,28,32)(H,29,33)/t14-,15-,16-,17-,18-/m0/s1. The first kappa shape index (κ1) is 29.6. The summed E-state index contributed by atoms with van der Waals surface area (Å²) in [5, 5.41) is 5.50. The van der Waals surface area contributed by atoms with Crippen LogP contribution in [0.25, 0.3) is 0 Å². The lowest BCUT2D eigenvalue weighted by molar-refractivity contribution is -0.147. The van der Waals surface area contributed by atoms with Crippen molar-refractivity contribution >= 4 is 35.5 Å². The average molecular weight is 535 g/mol. The quantitative estimate of drug-likeness (QED) is 0.392. The number of piperidine rings is 1. The Bertz CT molecular complexity index is 1040. The van der Waals surface area contributed by atoms with Gasteiger partial charge in [-0.25, -0.2) is 9.59 Å². The van der Waals surface area contributed by atoms with Crippen LogP contribution < -0.4 is 10.6 Å². The molecular weight excluding hydrogens is 492 g/mol. The molecule has 5 atom stereocenters. The van der Waals surface area contributed by atoms with Gasteiger partial charge in [-0.15, -0.1) is 0 Å². The molecule has 0 spiro atoms. The molecule has 2 saturated heterocycles. The minimum absolute atomic E-state index is 0.00389. The van der Waals surface area contributed by atoms with Gasteiger partial charge in [0.25, 0.3) is 5.91 Å². The van der Waals surface area contributed by atoms with Gasteiger partial charge in [0.05, 0.1) is 7.11 Å². The number of carbonyl (C=O) groups is 5. The molecule has 11 nitrogen and oxygen atoms in total. The van der Waals surface area contributed by atoms with Crippen LogP contribution >= 0.6 is 0 Å². The zero-order valence-electron chi connectivity index (χ0n) is 24.0. The molecule has 0 bridgehead atoms. The van der Waals surface area contributed by atoms with E-state index in [1.165, 1.54) is 12.0 Å². The molecule has 2 N–H and O–H groups in total. The van der Waals surface area contributed by atoms with Crippen molar-refractivity contribution in [3.8, 4) is 0 Å². The van der Waals surface area contributed by atoms with Crippen molar-refractivity contribution in [3.05, 3.63) is 0 Å². The molecule has 1 saturated carbocycles. The number of fused-ring (bicyclic) bond motifs is 1. The smallest absolute Gasteiger partial charge is 0.434 e. The molecule has 212 valence electrons. The molecule has 2 heterocycles. The molecule has 0 aromatic heterocycles. The normalized spacial score (nSPS) is 27.2. The van der Waals surface area contributed by atoms with Gasteiger partial charge in [0.2, 0.25) is 11.8 Å². The Balaban J connectivity index is 1.88. The Kier molecular flexibility index (Phi) is 8.01. The van der Waals surface area contributed by atoms with Crippen LogP contribution in [-0.2, 0) is 28.7 Å². The minimum Gasteiger partial charge on any atom is -0.467 e. The second kappa shape index (κ2) is 10.3. The van der Waals surface area contributed by atoms with Crippen molar-refractivity contribution in [2.24, 2.45) is 33.6 Å². The fourth-order valence-electron chi connectivity index (χ4n) is 5.61. The second-order valence-corrected chi connectivity index (χ2v) is 13.1. The van der Waals surface area contributed by atoms with Crippen molar-refractivity contribution in [3.63, 3.8) is 0 Å². The first-order chi connectivity index (χ1) is 17.4.